The van der Waals surface area contributed by atoms with Crippen molar-refractivity contribution in [1.29, 1.82) is 0 Å². The van der Waals surface area contributed by atoms with Crippen LogP contribution in [0.5, 0.6) is 0 Å². The van der Waals surface area contributed by atoms with Gasteiger partial charge in [0.2, 0.25) is 0 Å². The van der Waals surface area contributed by atoms with Crippen molar-refractivity contribution in [1.82, 2.24) is 4.57 Å². The smallest absolute Gasteiger partial charge is 0.0541 e. The van der Waals surface area contributed by atoms with E-state index >= 15 is 0 Å². The normalized spacial score (nSPS) is 11.6. The predicted octanol–water partition coefficient (Wildman–Crippen LogP) is 12.3. The lowest BCUT2D eigenvalue weighted by atomic mass is 10.0. The van der Waals surface area contributed by atoms with Gasteiger partial charge in [-0.05, 0) is 77.9 Å². The highest BCUT2D eigenvalue weighted by molar-refractivity contribution is 7.25. The van der Waals surface area contributed by atoms with Crippen molar-refractivity contribution >= 4 is 70.4 Å². The van der Waals surface area contributed by atoms with E-state index in [1.165, 1.54) is 53.1 Å². The molecule has 9 rings (SSSR count). The molecule has 0 amide bonds. The van der Waals surface area contributed by atoms with Gasteiger partial charge in [-0.2, -0.15) is 0 Å². The molecule has 0 aliphatic heterocycles. The van der Waals surface area contributed by atoms with Gasteiger partial charge in [0.15, 0.2) is 0 Å². The molecule has 212 valence electrons. The summed E-state index contributed by atoms with van der Waals surface area (Å²) in [6.45, 7) is 0. The van der Waals surface area contributed by atoms with E-state index in [9.17, 15) is 0 Å². The van der Waals surface area contributed by atoms with E-state index in [1.54, 1.807) is 0 Å². The number of hydrogen-bond acceptors (Lipinski definition) is 2. The zero-order valence-electron chi connectivity index (χ0n) is 24.5. The quantitative estimate of drug-likeness (QED) is 0.193. The van der Waals surface area contributed by atoms with Crippen LogP contribution >= 0.6 is 11.3 Å². The van der Waals surface area contributed by atoms with Gasteiger partial charge in [0.05, 0.1) is 11.0 Å². The van der Waals surface area contributed by atoms with Crippen molar-refractivity contribution in [2.24, 2.45) is 0 Å². The molecule has 0 fully saturated rings. The fourth-order valence-corrected chi connectivity index (χ4v) is 7.87. The number of thiophene rings is 1. The third-order valence-electron chi connectivity index (χ3n) is 8.76. The summed E-state index contributed by atoms with van der Waals surface area (Å²) in [5.41, 5.74) is 9.37. The van der Waals surface area contributed by atoms with Gasteiger partial charge in [0.1, 0.15) is 0 Å². The SMILES string of the molecule is c1ccc(N(c2cccc(-c3cccc(-n4c5ccccc5c5ccccc54)c3)c2)c2ccc3c(c2)sc2ccccc23)cc1. The fourth-order valence-electron chi connectivity index (χ4n) is 6.73. The van der Waals surface area contributed by atoms with Crippen LogP contribution in [0, 0.1) is 0 Å². The van der Waals surface area contributed by atoms with Gasteiger partial charge in [-0.25, -0.2) is 0 Å². The molecule has 0 saturated heterocycles. The van der Waals surface area contributed by atoms with Gasteiger partial charge in [-0.15, -0.1) is 11.3 Å². The Labute approximate surface area is 265 Å². The Kier molecular flexibility index (Phi) is 6.03. The van der Waals surface area contributed by atoms with E-state index in [4.69, 9.17) is 0 Å². The van der Waals surface area contributed by atoms with Crippen molar-refractivity contribution in [3.05, 3.63) is 170 Å². The van der Waals surface area contributed by atoms with Crippen LogP contribution in [0.15, 0.2) is 170 Å². The van der Waals surface area contributed by atoms with Crippen molar-refractivity contribution in [2.75, 3.05) is 4.90 Å². The number of hydrogen-bond donors (Lipinski definition) is 0. The third-order valence-corrected chi connectivity index (χ3v) is 9.89. The summed E-state index contributed by atoms with van der Waals surface area (Å²) in [6.07, 6.45) is 0. The Morgan fingerprint density at radius 3 is 1.73 bits per heavy atom. The highest BCUT2D eigenvalue weighted by atomic mass is 32.1. The monoisotopic (exact) mass is 592 g/mol. The van der Waals surface area contributed by atoms with Crippen LogP contribution in [0.1, 0.15) is 0 Å². The molecule has 0 N–H and O–H groups in total. The molecule has 45 heavy (non-hydrogen) atoms. The number of para-hydroxylation sites is 3. The Bertz CT molecular complexity index is 2450. The van der Waals surface area contributed by atoms with Crippen LogP contribution in [0.2, 0.25) is 0 Å². The Balaban J connectivity index is 1.18. The maximum absolute atomic E-state index is 2.38. The van der Waals surface area contributed by atoms with Crippen molar-refractivity contribution < 1.29 is 0 Å². The van der Waals surface area contributed by atoms with Gasteiger partial charge in [-0.1, -0.05) is 103 Å². The first-order valence-corrected chi connectivity index (χ1v) is 16.1. The largest absolute Gasteiger partial charge is 0.310 e. The lowest BCUT2D eigenvalue weighted by Gasteiger charge is -2.26. The van der Waals surface area contributed by atoms with Crippen molar-refractivity contribution in [2.45, 2.75) is 0 Å². The maximum Gasteiger partial charge on any atom is 0.0541 e. The molecule has 0 atom stereocenters. The van der Waals surface area contributed by atoms with Crippen molar-refractivity contribution in [3.63, 3.8) is 0 Å². The minimum Gasteiger partial charge on any atom is -0.310 e. The number of anilines is 3. The van der Waals surface area contributed by atoms with Crippen molar-refractivity contribution in [3.8, 4) is 16.8 Å². The molecular weight excluding hydrogens is 565 g/mol. The summed E-state index contributed by atoms with van der Waals surface area (Å²) in [5.74, 6) is 0. The number of nitrogens with zero attached hydrogens (tertiary/aromatic N) is 2. The van der Waals surface area contributed by atoms with E-state index in [0.717, 1.165) is 22.7 Å². The average molecular weight is 593 g/mol. The molecule has 0 unspecified atom stereocenters. The molecule has 2 aromatic heterocycles. The van der Waals surface area contributed by atoms with Gasteiger partial charge < -0.3 is 9.47 Å². The third kappa shape index (κ3) is 4.32. The lowest BCUT2D eigenvalue weighted by molar-refractivity contribution is 1.18. The predicted molar refractivity (Wildman–Crippen MR) is 194 cm³/mol. The number of aromatic nitrogens is 1. The number of rotatable bonds is 5. The number of benzene rings is 7. The van der Waals surface area contributed by atoms with Crippen LogP contribution in [0.3, 0.4) is 0 Å². The van der Waals surface area contributed by atoms with Crippen LogP contribution in [-0.2, 0) is 0 Å². The molecule has 0 saturated carbocycles. The molecule has 7 aromatic carbocycles. The van der Waals surface area contributed by atoms with Crippen LogP contribution < -0.4 is 4.90 Å². The first-order chi connectivity index (χ1) is 22.3. The Hall–Kier alpha value is -5.64. The molecule has 0 spiro atoms. The molecule has 2 nitrogen and oxygen atoms in total. The molecular formula is C42H28N2S. The van der Waals surface area contributed by atoms with Gasteiger partial charge in [0, 0.05) is 53.7 Å². The van der Waals surface area contributed by atoms with Crippen LogP contribution in [0.25, 0.3) is 58.8 Å². The zero-order chi connectivity index (χ0) is 29.7. The van der Waals surface area contributed by atoms with E-state index in [1.807, 2.05) is 11.3 Å². The highest BCUT2D eigenvalue weighted by Gasteiger charge is 2.16. The summed E-state index contributed by atoms with van der Waals surface area (Å²) in [7, 11) is 0. The molecule has 0 aliphatic rings. The second-order valence-corrected chi connectivity index (χ2v) is 12.5. The second-order valence-electron chi connectivity index (χ2n) is 11.4. The average Bonchev–Trinajstić information content (AvgIpc) is 3.65. The fraction of sp³-hybridized carbons (Fsp3) is 0. The molecule has 9 aromatic rings. The molecule has 2 heterocycles. The van der Waals surface area contributed by atoms with Gasteiger partial charge >= 0.3 is 0 Å². The number of fused-ring (bicyclic) bond motifs is 6. The summed E-state index contributed by atoms with van der Waals surface area (Å²) in [5, 5.41) is 5.17. The minimum atomic E-state index is 1.13. The molecule has 3 heteroatoms. The standard InChI is InChI=1S/C42H28N2S/c1-2-14-31(15-3-1)43(34-24-25-38-37-20-6-9-23-41(37)45-42(38)28-34)32-16-10-12-29(26-32)30-13-11-17-33(27-30)44-39-21-7-4-18-35(39)36-19-5-8-22-40(36)44/h1-28H. The van der Waals surface area contributed by atoms with Gasteiger partial charge in [-0.3, -0.25) is 0 Å². The summed E-state index contributed by atoms with van der Waals surface area (Å²) < 4.78 is 5.00. The zero-order valence-corrected chi connectivity index (χ0v) is 25.3. The first-order valence-electron chi connectivity index (χ1n) is 15.3. The highest BCUT2D eigenvalue weighted by Crippen LogP contribution is 2.41. The van der Waals surface area contributed by atoms with Crippen LogP contribution in [0.4, 0.5) is 17.1 Å². The summed E-state index contributed by atoms with van der Waals surface area (Å²) in [6, 6.07) is 61.4. The lowest BCUT2D eigenvalue weighted by Crippen LogP contribution is -2.09. The topological polar surface area (TPSA) is 8.17 Å². The van der Waals surface area contributed by atoms with E-state index in [0.29, 0.717) is 0 Å². The van der Waals surface area contributed by atoms with Crippen LogP contribution in [-0.4, -0.2) is 4.57 Å². The summed E-state index contributed by atoms with van der Waals surface area (Å²) in [4.78, 5) is 2.37. The molecule has 0 radical (unpaired) electrons. The Morgan fingerprint density at radius 1 is 0.378 bits per heavy atom. The molecule has 0 bridgehead atoms. The first kappa shape index (κ1) is 25.8. The minimum absolute atomic E-state index is 1.13. The van der Waals surface area contributed by atoms with E-state index in [-0.39, 0.29) is 0 Å². The van der Waals surface area contributed by atoms with Gasteiger partial charge in [0.25, 0.3) is 0 Å². The maximum atomic E-state index is 2.38. The van der Waals surface area contributed by atoms with E-state index in [2.05, 4.69) is 179 Å². The Morgan fingerprint density at radius 2 is 0.956 bits per heavy atom. The van der Waals surface area contributed by atoms with E-state index < -0.39 is 0 Å². The molecule has 0 aliphatic carbocycles. The summed E-state index contributed by atoms with van der Waals surface area (Å²) >= 11 is 1.86. The second kappa shape index (κ2) is 10.5.